The van der Waals surface area contributed by atoms with Crippen LogP contribution in [0.25, 0.3) is 0 Å². The first-order valence-electron chi connectivity index (χ1n) is 9.04. The van der Waals surface area contributed by atoms with Gasteiger partial charge in [0.1, 0.15) is 6.61 Å². The van der Waals surface area contributed by atoms with Crippen molar-refractivity contribution in [3.05, 3.63) is 65.0 Å². The summed E-state index contributed by atoms with van der Waals surface area (Å²) < 4.78 is 13.6. The molecule has 0 bridgehead atoms. The highest BCUT2D eigenvalue weighted by Gasteiger charge is 2.27. The predicted octanol–water partition coefficient (Wildman–Crippen LogP) is 3.92. The zero-order chi connectivity index (χ0) is 19.7. The molecule has 0 spiro atoms. The topological polar surface area (TPSA) is 66.2 Å². The standard InChI is InChI=1S/C21H21N3O3S/c1-13-8-9-15(10-14(13)2)16(25)12-28-21-23-22-20(24(21)3)19-11-26-17-6-4-5-7-18(17)27-19/h4-10,19H,11-12H2,1-3H3. The first-order valence-corrected chi connectivity index (χ1v) is 10.0. The summed E-state index contributed by atoms with van der Waals surface area (Å²) in [5, 5.41) is 9.17. The molecule has 0 saturated heterocycles. The maximum Gasteiger partial charge on any atom is 0.192 e. The Hall–Kier alpha value is -2.80. The Morgan fingerprint density at radius 3 is 2.71 bits per heavy atom. The van der Waals surface area contributed by atoms with Crippen molar-refractivity contribution in [3.63, 3.8) is 0 Å². The van der Waals surface area contributed by atoms with E-state index in [1.807, 2.05) is 67.9 Å². The van der Waals surface area contributed by atoms with Crippen molar-refractivity contribution in [1.29, 1.82) is 0 Å². The molecular weight excluding hydrogens is 374 g/mol. The fraction of sp³-hybridized carbons (Fsp3) is 0.286. The second-order valence-corrected chi connectivity index (χ2v) is 7.72. The van der Waals surface area contributed by atoms with Crippen LogP contribution in [0.5, 0.6) is 11.5 Å². The van der Waals surface area contributed by atoms with E-state index in [9.17, 15) is 4.79 Å². The lowest BCUT2D eigenvalue weighted by Crippen LogP contribution is -2.24. The number of ketones is 1. The van der Waals surface area contributed by atoms with E-state index >= 15 is 0 Å². The van der Waals surface area contributed by atoms with Crippen molar-refractivity contribution < 1.29 is 14.3 Å². The molecule has 3 aromatic rings. The predicted molar refractivity (Wildman–Crippen MR) is 107 cm³/mol. The molecule has 1 aromatic heterocycles. The number of aryl methyl sites for hydroxylation is 2. The average Bonchev–Trinajstić information content (AvgIpc) is 3.08. The molecule has 0 fully saturated rings. The van der Waals surface area contributed by atoms with Gasteiger partial charge >= 0.3 is 0 Å². The van der Waals surface area contributed by atoms with E-state index in [1.165, 1.54) is 17.3 Å². The number of benzene rings is 2. The molecule has 7 heteroatoms. The van der Waals surface area contributed by atoms with Crippen LogP contribution in [0.1, 0.15) is 33.4 Å². The maximum absolute atomic E-state index is 12.5. The number of rotatable bonds is 5. The number of thioether (sulfide) groups is 1. The number of hydrogen-bond acceptors (Lipinski definition) is 6. The first kappa shape index (κ1) is 18.6. The molecule has 0 N–H and O–H groups in total. The SMILES string of the molecule is Cc1ccc(C(=O)CSc2nnc(C3COc4ccccc4O3)n2C)cc1C. The summed E-state index contributed by atoms with van der Waals surface area (Å²) in [5.74, 6) is 2.48. The van der Waals surface area contributed by atoms with Crippen molar-refractivity contribution in [3.8, 4) is 11.5 Å². The number of fused-ring (bicyclic) bond motifs is 1. The minimum Gasteiger partial charge on any atom is -0.485 e. The lowest BCUT2D eigenvalue weighted by molar-refractivity contribution is 0.0825. The number of carbonyl (C=O) groups is 1. The van der Waals surface area contributed by atoms with Crippen LogP contribution in [0.4, 0.5) is 0 Å². The molecule has 6 nitrogen and oxygen atoms in total. The van der Waals surface area contributed by atoms with Crippen molar-refractivity contribution >= 4 is 17.5 Å². The van der Waals surface area contributed by atoms with Crippen LogP contribution >= 0.6 is 11.8 Å². The molecule has 144 valence electrons. The summed E-state index contributed by atoms with van der Waals surface area (Å²) in [6, 6.07) is 13.3. The van der Waals surface area contributed by atoms with E-state index in [0.717, 1.165) is 16.9 Å². The van der Waals surface area contributed by atoms with Crippen molar-refractivity contribution in [2.75, 3.05) is 12.4 Å². The van der Waals surface area contributed by atoms with Gasteiger partial charge in [0.15, 0.2) is 34.4 Å². The van der Waals surface area contributed by atoms with E-state index in [1.54, 1.807) is 0 Å². The zero-order valence-electron chi connectivity index (χ0n) is 16.0. The summed E-state index contributed by atoms with van der Waals surface area (Å²) in [7, 11) is 1.88. The van der Waals surface area contributed by atoms with Crippen molar-refractivity contribution in [2.45, 2.75) is 25.1 Å². The molecule has 4 rings (SSSR count). The van der Waals surface area contributed by atoms with Gasteiger partial charge in [-0.05, 0) is 43.2 Å². The Bertz CT molecular complexity index is 1030. The number of para-hydroxylation sites is 2. The number of aromatic nitrogens is 3. The fourth-order valence-corrected chi connectivity index (χ4v) is 3.82. The lowest BCUT2D eigenvalue weighted by atomic mass is 10.0. The highest BCUT2D eigenvalue weighted by Crippen LogP contribution is 2.35. The summed E-state index contributed by atoms with van der Waals surface area (Å²) in [5.41, 5.74) is 3.02. The van der Waals surface area contributed by atoms with Crippen molar-refractivity contribution in [2.24, 2.45) is 7.05 Å². The number of carbonyl (C=O) groups excluding carboxylic acids is 1. The second-order valence-electron chi connectivity index (χ2n) is 6.77. The Balaban J connectivity index is 1.44. The number of hydrogen-bond donors (Lipinski definition) is 0. The van der Waals surface area contributed by atoms with Crippen LogP contribution in [-0.2, 0) is 7.05 Å². The third-order valence-corrected chi connectivity index (χ3v) is 5.85. The Morgan fingerprint density at radius 2 is 1.93 bits per heavy atom. The number of nitrogens with zero attached hydrogens (tertiary/aromatic N) is 3. The fourth-order valence-electron chi connectivity index (χ4n) is 3.01. The minimum atomic E-state index is -0.336. The van der Waals surface area contributed by atoms with Crippen LogP contribution in [-0.4, -0.2) is 32.9 Å². The molecule has 2 aromatic carbocycles. The van der Waals surface area contributed by atoms with E-state index in [2.05, 4.69) is 10.2 Å². The largest absolute Gasteiger partial charge is 0.485 e. The summed E-state index contributed by atoms with van der Waals surface area (Å²) in [4.78, 5) is 12.5. The molecule has 0 radical (unpaired) electrons. The molecule has 1 aliphatic heterocycles. The quantitative estimate of drug-likeness (QED) is 0.482. The molecule has 0 aliphatic carbocycles. The second kappa shape index (κ2) is 7.67. The van der Waals surface area contributed by atoms with E-state index in [-0.39, 0.29) is 11.9 Å². The van der Waals surface area contributed by atoms with Gasteiger partial charge in [-0.3, -0.25) is 4.79 Å². The van der Waals surface area contributed by atoms with Crippen LogP contribution in [0.3, 0.4) is 0 Å². The highest BCUT2D eigenvalue weighted by molar-refractivity contribution is 7.99. The van der Waals surface area contributed by atoms with Crippen LogP contribution < -0.4 is 9.47 Å². The van der Waals surface area contributed by atoms with Gasteiger partial charge < -0.3 is 14.0 Å². The smallest absolute Gasteiger partial charge is 0.192 e. The van der Waals surface area contributed by atoms with Gasteiger partial charge in [0.2, 0.25) is 0 Å². The van der Waals surface area contributed by atoms with E-state index < -0.39 is 0 Å². The molecule has 1 atom stereocenters. The number of Topliss-reactive ketones (excluding diaryl/α,β-unsaturated/α-hetero) is 1. The number of ether oxygens (including phenoxy) is 2. The monoisotopic (exact) mass is 395 g/mol. The lowest BCUT2D eigenvalue weighted by Gasteiger charge is -2.25. The molecule has 1 aliphatic rings. The van der Waals surface area contributed by atoms with Crippen molar-refractivity contribution in [1.82, 2.24) is 14.8 Å². The van der Waals surface area contributed by atoms with Crippen LogP contribution in [0.15, 0.2) is 47.6 Å². The van der Waals surface area contributed by atoms with Crippen LogP contribution in [0.2, 0.25) is 0 Å². The summed E-state index contributed by atoms with van der Waals surface area (Å²) >= 11 is 1.37. The van der Waals surface area contributed by atoms with Gasteiger partial charge in [0.05, 0.1) is 5.75 Å². The maximum atomic E-state index is 12.5. The summed E-state index contributed by atoms with van der Waals surface area (Å²) in [6.45, 7) is 4.42. The Kier molecular flexibility index (Phi) is 5.09. The van der Waals surface area contributed by atoms with Gasteiger partial charge in [-0.25, -0.2) is 0 Å². The molecule has 1 unspecified atom stereocenters. The zero-order valence-corrected chi connectivity index (χ0v) is 16.8. The first-order chi connectivity index (χ1) is 13.5. The third kappa shape index (κ3) is 3.62. The van der Waals surface area contributed by atoms with Gasteiger partial charge in [-0.2, -0.15) is 0 Å². The summed E-state index contributed by atoms with van der Waals surface area (Å²) in [6.07, 6.45) is -0.336. The molecule has 28 heavy (non-hydrogen) atoms. The Morgan fingerprint density at radius 1 is 1.14 bits per heavy atom. The van der Waals surface area contributed by atoms with E-state index in [4.69, 9.17) is 9.47 Å². The van der Waals surface area contributed by atoms with E-state index in [0.29, 0.717) is 29.1 Å². The molecule has 0 saturated carbocycles. The molecular formula is C21H21N3O3S. The van der Waals surface area contributed by atoms with Gasteiger partial charge in [-0.15, -0.1) is 10.2 Å². The van der Waals surface area contributed by atoms with Gasteiger partial charge in [-0.1, -0.05) is 36.0 Å². The Labute approximate surface area is 167 Å². The van der Waals surface area contributed by atoms with Gasteiger partial charge in [0.25, 0.3) is 0 Å². The minimum absolute atomic E-state index is 0.0730. The average molecular weight is 395 g/mol. The highest BCUT2D eigenvalue weighted by atomic mass is 32.2. The molecule has 2 heterocycles. The third-order valence-electron chi connectivity index (χ3n) is 4.83. The normalized spacial score (nSPS) is 15.5. The van der Waals surface area contributed by atoms with Crippen LogP contribution in [0, 0.1) is 13.8 Å². The molecule has 0 amide bonds. The van der Waals surface area contributed by atoms with Gasteiger partial charge in [0, 0.05) is 12.6 Å².